The van der Waals surface area contributed by atoms with E-state index in [2.05, 4.69) is 99.4 Å². The van der Waals surface area contributed by atoms with Gasteiger partial charge in [0, 0.05) is 23.6 Å². The van der Waals surface area contributed by atoms with Gasteiger partial charge in [-0.05, 0) is 49.1 Å². The van der Waals surface area contributed by atoms with Crippen molar-refractivity contribution in [2.45, 2.75) is 32.4 Å². The molecule has 0 spiro atoms. The molecule has 0 bridgehead atoms. The van der Waals surface area contributed by atoms with E-state index in [1.165, 1.54) is 22.0 Å². The lowest BCUT2D eigenvalue weighted by molar-refractivity contribution is 0.458. The van der Waals surface area contributed by atoms with Gasteiger partial charge in [-0.1, -0.05) is 65.9 Å². The summed E-state index contributed by atoms with van der Waals surface area (Å²) in [5.74, 6) is 0. The van der Waals surface area contributed by atoms with Crippen LogP contribution in [-0.4, -0.2) is 19.6 Å². The van der Waals surface area contributed by atoms with Crippen LogP contribution in [0.1, 0.15) is 30.0 Å². The van der Waals surface area contributed by atoms with Crippen molar-refractivity contribution in [3.8, 4) is 0 Å². The lowest BCUT2D eigenvalue weighted by Gasteiger charge is -2.19. The van der Waals surface area contributed by atoms with Gasteiger partial charge in [0.25, 0.3) is 0 Å². The maximum Gasteiger partial charge on any atom is 0.113 e. The highest BCUT2D eigenvalue weighted by atomic mass is 15.4. The Morgan fingerprint density at radius 3 is 2.41 bits per heavy atom. The predicted molar refractivity (Wildman–Crippen MR) is 118 cm³/mol. The van der Waals surface area contributed by atoms with Crippen LogP contribution in [0.5, 0.6) is 0 Å². The Hall–Kier alpha value is -3.40. The molecule has 4 nitrogen and oxygen atoms in total. The van der Waals surface area contributed by atoms with Gasteiger partial charge in [0.1, 0.15) is 5.52 Å². The van der Waals surface area contributed by atoms with Crippen molar-refractivity contribution in [1.82, 2.24) is 19.6 Å². The maximum absolute atomic E-state index is 4.51. The molecule has 0 aliphatic carbocycles. The summed E-state index contributed by atoms with van der Waals surface area (Å²) < 4.78 is 4.47. The van der Waals surface area contributed by atoms with Crippen LogP contribution in [0.2, 0.25) is 0 Å². The van der Waals surface area contributed by atoms with Gasteiger partial charge in [0.2, 0.25) is 0 Å². The third-order valence-corrected chi connectivity index (χ3v) is 5.72. The number of hydrogen-bond donors (Lipinski definition) is 0. The van der Waals surface area contributed by atoms with Crippen molar-refractivity contribution in [3.63, 3.8) is 0 Å². The molecule has 0 aliphatic rings. The Balaban J connectivity index is 1.43. The molecule has 2 heterocycles. The summed E-state index contributed by atoms with van der Waals surface area (Å²) in [5, 5.41) is 10.2. The van der Waals surface area contributed by atoms with Gasteiger partial charge in [-0.2, -0.15) is 0 Å². The van der Waals surface area contributed by atoms with Crippen molar-refractivity contribution in [2.75, 3.05) is 0 Å². The smallest absolute Gasteiger partial charge is 0.113 e. The zero-order valence-corrected chi connectivity index (χ0v) is 16.6. The van der Waals surface area contributed by atoms with E-state index in [0.717, 1.165) is 30.4 Å². The van der Waals surface area contributed by atoms with Crippen molar-refractivity contribution < 1.29 is 0 Å². The Labute approximate surface area is 170 Å². The topological polar surface area (TPSA) is 35.6 Å². The maximum atomic E-state index is 4.51. The zero-order valence-electron chi connectivity index (χ0n) is 16.6. The van der Waals surface area contributed by atoms with Gasteiger partial charge in [-0.25, -0.2) is 4.68 Å². The summed E-state index contributed by atoms with van der Waals surface area (Å²) in [6.45, 7) is 3.18. The largest absolute Gasteiger partial charge is 0.347 e. The van der Waals surface area contributed by atoms with Crippen LogP contribution in [0.25, 0.3) is 21.9 Å². The summed E-state index contributed by atoms with van der Waals surface area (Å²) in [6.07, 6.45) is 4.34. The molecular weight excluding hydrogens is 356 g/mol. The molecule has 0 saturated carbocycles. The minimum absolute atomic E-state index is 0.173. The van der Waals surface area contributed by atoms with Crippen LogP contribution in [0.15, 0.2) is 85.1 Å². The van der Waals surface area contributed by atoms with Crippen molar-refractivity contribution in [1.29, 1.82) is 0 Å². The molecule has 0 saturated heterocycles. The number of nitrogens with zero attached hydrogens (tertiary/aromatic N) is 4. The molecule has 5 aromatic rings. The highest BCUT2D eigenvalue weighted by Gasteiger charge is 2.18. The van der Waals surface area contributed by atoms with Gasteiger partial charge < -0.3 is 4.57 Å². The number of fused-ring (bicyclic) bond motifs is 2. The van der Waals surface area contributed by atoms with Crippen molar-refractivity contribution in [2.24, 2.45) is 0 Å². The molecule has 3 aromatic carbocycles. The van der Waals surface area contributed by atoms with Gasteiger partial charge >= 0.3 is 0 Å². The second-order valence-corrected chi connectivity index (χ2v) is 7.61. The van der Waals surface area contributed by atoms with Crippen molar-refractivity contribution in [3.05, 3.63) is 96.2 Å². The van der Waals surface area contributed by atoms with E-state index >= 15 is 0 Å². The minimum atomic E-state index is 0.173. The van der Waals surface area contributed by atoms with E-state index in [9.17, 15) is 0 Å². The van der Waals surface area contributed by atoms with Crippen LogP contribution in [-0.2, 0) is 6.54 Å². The minimum Gasteiger partial charge on any atom is -0.347 e. The molecule has 0 N–H and O–H groups in total. The van der Waals surface area contributed by atoms with Gasteiger partial charge in [0.05, 0.1) is 11.6 Å². The third-order valence-electron chi connectivity index (χ3n) is 5.72. The molecule has 4 heteroatoms. The van der Waals surface area contributed by atoms with E-state index < -0.39 is 0 Å². The van der Waals surface area contributed by atoms with E-state index in [4.69, 9.17) is 0 Å². The lowest BCUT2D eigenvalue weighted by atomic mass is 10.0. The van der Waals surface area contributed by atoms with Gasteiger partial charge in [0.15, 0.2) is 0 Å². The van der Waals surface area contributed by atoms with Crippen LogP contribution >= 0.6 is 0 Å². The molecule has 0 radical (unpaired) electrons. The average molecular weight is 380 g/mol. The quantitative estimate of drug-likeness (QED) is 0.375. The Kier molecular flexibility index (Phi) is 4.60. The monoisotopic (exact) mass is 380 g/mol. The fourth-order valence-electron chi connectivity index (χ4n) is 4.29. The first kappa shape index (κ1) is 17.7. The molecule has 0 amide bonds. The molecule has 5 rings (SSSR count). The number of rotatable bonds is 6. The lowest BCUT2D eigenvalue weighted by Crippen LogP contribution is -2.13. The molecule has 144 valence electrons. The van der Waals surface area contributed by atoms with Gasteiger partial charge in [-0.3, -0.25) is 0 Å². The first-order valence-electron chi connectivity index (χ1n) is 10.2. The molecule has 1 unspecified atom stereocenters. The zero-order chi connectivity index (χ0) is 19.6. The summed E-state index contributed by atoms with van der Waals surface area (Å²) in [5.41, 5.74) is 5.95. The molecule has 2 aromatic heterocycles. The summed E-state index contributed by atoms with van der Waals surface area (Å²) in [4.78, 5) is 0. The Morgan fingerprint density at radius 1 is 0.828 bits per heavy atom. The molecule has 1 atom stereocenters. The fourth-order valence-corrected chi connectivity index (χ4v) is 4.29. The summed E-state index contributed by atoms with van der Waals surface area (Å²) in [7, 11) is 0. The van der Waals surface area contributed by atoms with Crippen LogP contribution in [0.3, 0.4) is 0 Å². The Morgan fingerprint density at radius 2 is 1.55 bits per heavy atom. The van der Waals surface area contributed by atoms with Gasteiger partial charge in [-0.15, -0.1) is 5.10 Å². The van der Waals surface area contributed by atoms with E-state index in [1.807, 2.05) is 12.1 Å². The average Bonchev–Trinajstić information content (AvgIpc) is 3.34. The second-order valence-electron chi connectivity index (χ2n) is 7.61. The molecule has 0 aliphatic heterocycles. The Bertz CT molecular complexity index is 1250. The summed E-state index contributed by atoms with van der Waals surface area (Å²) >= 11 is 0. The standard InChI is InChI=1S/C25H24N4/c1-19-18-28(24-14-7-5-12-21(19)24)17-9-16-23(20-10-3-2-4-11-20)29-25-15-8-6-13-22(25)26-27-29/h2-8,10-15,18,23H,9,16-17H2,1H3. The van der Waals surface area contributed by atoms with Crippen LogP contribution in [0.4, 0.5) is 0 Å². The fraction of sp³-hybridized carbons (Fsp3) is 0.200. The number of benzene rings is 3. The third kappa shape index (κ3) is 3.31. The van der Waals surface area contributed by atoms with Crippen LogP contribution < -0.4 is 0 Å². The van der Waals surface area contributed by atoms with Crippen molar-refractivity contribution >= 4 is 21.9 Å². The molecule has 0 fully saturated rings. The molecular formula is C25H24N4. The normalized spacial score (nSPS) is 12.6. The SMILES string of the molecule is Cc1cn(CCCC(c2ccccc2)n2nnc3ccccc32)c2ccccc12. The van der Waals surface area contributed by atoms with E-state index in [-0.39, 0.29) is 6.04 Å². The van der Waals surface area contributed by atoms with E-state index in [0.29, 0.717) is 0 Å². The molecule has 29 heavy (non-hydrogen) atoms. The number of para-hydroxylation sites is 2. The highest BCUT2D eigenvalue weighted by molar-refractivity contribution is 5.83. The second kappa shape index (κ2) is 7.55. The van der Waals surface area contributed by atoms with E-state index in [1.54, 1.807) is 0 Å². The van der Waals surface area contributed by atoms with Crippen LogP contribution in [0, 0.1) is 6.92 Å². The first-order valence-corrected chi connectivity index (χ1v) is 10.2. The first-order chi connectivity index (χ1) is 14.3. The highest BCUT2D eigenvalue weighted by Crippen LogP contribution is 2.27. The predicted octanol–water partition coefficient (Wildman–Crippen LogP) is 5.76. The number of aromatic nitrogens is 4. The number of aryl methyl sites for hydroxylation is 2. The summed E-state index contributed by atoms with van der Waals surface area (Å²) in [6, 6.07) is 27.7. The number of hydrogen-bond acceptors (Lipinski definition) is 2.